The zero-order valence-corrected chi connectivity index (χ0v) is 10.9. The van der Waals surface area contributed by atoms with Gasteiger partial charge in [-0.15, -0.1) is 11.3 Å². The average molecular weight is 261 g/mol. The van der Waals surface area contributed by atoms with Gasteiger partial charge in [0.25, 0.3) is 0 Å². The molecule has 1 aromatic rings. The van der Waals surface area contributed by atoms with Gasteiger partial charge in [0.1, 0.15) is 0 Å². The van der Waals surface area contributed by atoms with Crippen LogP contribution in [0.15, 0.2) is 17.1 Å². The van der Waals surface area contributed by atoms with Crippen LogP contribution >= 0.6 is 22.9 Å². The van der Waals surface area contributed by atoms with E-state index in [0.29, 0.717) is 5.96 Å². The fourth-order valence-electron chi connectivity index (χ4n) is 1.17. The Labute approximate surface area is 105 Å². The molecule has 0 spiro atoms. The molecule has 4 N–H and O–H groups in total. The Balaban J connectivity index is 2.28. The van der Waals surface area contributed by atoms with Gasteiger partial charge in [0, 0.05) is 18.0 Å². The Hall–Kier alpha value is -0.780. The van der Waals surface area contributed by atoms with Crippen molar-refractivity contribution in [3.05, 3.63) is 21.3 Å². The van der Waals surface area contributed by atoms with Crippen molar-refractivity contribution in [2.45, 2.75) is 19.8 Å². The van der Waals surface area contributed by atoms with Crippen molar-refractivity contribution in [2.24, 2.45) is 10.8 Å². The second kappa shape index (κ2) is 7.49. The number of hydrazine groups is 1. The Morgan fingerprint density at radius 3 is 2.94 bits per heavy atom. The van der Waals surface area contributed by atoms with Crippen LogP contribution in [-0.2, 0) is 6.42 Å². The summed E-state index contributed by atoms with van der Waals surface area (Å²) >= 11 is 7.44. The van der Waals surface area contributed by atoms with Crippen LogP contribution in [0.1, 0.15) is 18.2 Å². The van der Waals surface area contributed by atoms with Gasteiger partial charge in [-0.05, 0) is 25.0 Å². The van der Waals surface area contributed by atoms with Gasteiger partial charge >= 0.3 is 0 Å². The van der Waals surface area contributed by atoms with E-state index in [-0.39, 0.29) is 0 Å². The van der Waals surface area contributed by atoms with Crippen molar-refractivity contribution in [2.75, 3.05) is 13.1 Å². The maximum atomic E-state index is 5.84. The molecular formula is C10H17ClN4S. The molecule has 0 saturated heterocycles. The number of nitrogens with zero attached hydrogens (tertiary/aromatic N) is 1. The predicted octanol–water partition coefficient (Wildman–Crippen LogP) is 1.76. The molecule has 90 valence electrons. The van der Waals surface area contributed by atoms with Crippen LogP contribution in [0.5, 0.6) is 0 Å². The first-order valence-electron chi connectivity index (χ1n) is 5.25. The molecule has 1 aromatic heterocycles. The van der Waals surface area contributed by atoms with E-state index in [4.69, 9.17) is 17.4 Å². The number of nitrogens with two attached hydrogens (primary N) is 1. The summed E-state index contributed by atoms with van der Waals surface area (Å²) in [6, 6.07) is 3.95. The number of aliphatic imine (C=N–C) groups is 1. The molecule has 0 aliphatic rings. The van der Waals surface area contributed by atoms with Crippen molar-refractivity contribution in [3.63, 3.8) is 0 Å². The summed E-state index contributed by atoms with van der Waals surface area (Å²) in [5.41, 5.74) is 2.54. The highest BCUT2D eigenvalue weighted by atomic mass is 35.5. The lowest BCUT2D eigenvalue weighted by atomic mass is 10.3. The third kappa shape index (κ3) is 4.83. The van der Waals surface area contributed by atoms with Gasteiger partial charge in [0.15, 0.2) is 0 Å². The molecule has 6 heteroatoms. The normalized spacial score (nSPS) is 11.6. The second-order valence-corrected chi connectivity index (χ2v) is 5.06. The topological polar surface area (TPSA) is 62.4 Å². The van der Waals surface area contributed by atoms with Crippen LogP contribution in [0.4, 0.5) is 0 Å². The fourth-order valence-corrected chi connectivity index (χ4v) is 2.25. The first kappa shape index (κ1) is 13.3. The first-order chi connectivity index (χ1) is 7.76. The summed E-state index contributed by atoms with van der Waals surface area (Å²) in [4.78, 5) is 5.50. The van der Waals surface area contributed by atoms with Gasteiger partial charge in [0.05, 0.1) is 4.34 Å². The summed E-state index contributed by atoms with van der Waals surface area (Å²) in [6.45, 7) is 3.65. The first-order valence-corrected chi connectivity index (χ1v) is 6.45. The molecular weight excluding hydrogens is 244 g/mol. The van der Waals surface area contributed by atoms with Crippen molar-refractivity contribution in [1.29, 1.82) is 0 Å². The van der Waals surface area contributed by atoms with Crippen molar-refractivity contribution in [1.82, 2.24) is 10.7 Å². The lowest BCUT2D eigenvalue weighted by molar-refractivity contribution is 0.804. The number of halogens is 1. The van der Waals surface area contributed by atoms with Gasteiger partial charge < -0.3 is 5.32 Å². The van der Waals surface area contributed by atoms with E-state index >= 15 is 0 Å². The lowest BCUT2D eigenvalue weighted by Crippen LogP contribution is -2.42. The number of hydrogen-bond donors (Lipinski definition) is 3. The molecule has 4 nitrogen and oxygen atoms in total. The van der Waals surface area contributed by atoms with E-state index in [2.05, 4.69) is 22.7 Å². The number of rotatable bonds is 5. The van der Waals surface area contributed by atoms with Gasteiger partial charge in [-0.25, -0.2) is 5.84 Å². The summed E-state index contributed by atoms with van der Waals surface area (Å²) in [7, 11) is 0. The Kier molecular flexibility index (Phi) is 6.22. The smallest absolute Gasteiger partial charge is 0.205 e. The molecule has 0 aliphatic heterocycles. The summed E-state index contributed by atoms with van der Waals surface area (Å²) in [6.07, 6.45) is 1.93. The number of hydrogen-bond acceptors (Lipinski definition) is 3. The third-order valence-electron chi connectivity index (χ3n) is 1.92. The molecule has 0 atom stereocenters. The van der Waals surface area contributed by atoms with Gasteiger partial charge in [0.2, 0.25) is 5.96 Å². The zero-order valence-electron chi connectivity index (χ0n) is 9.29. The van der Waals surface area contributed by atoms with Crippen LogP contribution in [0, 0.1) is 0 Å². The highest BCUT2D eigenvalue weighted by molar-refractivity contribution is 7.16. The van der Waals surface area contributed by atoms with Crippen LogP contribution in [0.25, 0.3) is 0 Å². The van der Waals surface area contributed by atoms with Crippen LogP contribution in [0.2, 0.25) is 4.34 Å². The average Bonchev–Trinajstić information content (AvgIpc) is 2.69. The molecule has 1 heterocycles. The molecule has 0 unspecified atom stereocenters. The molecule has 0 fully saturated rings. The maximum Gasteiger partial charge on any atom is 0.205 e. The van der Waals surface area contributed by atoms with Crippen LogP contribution < -0.4 is 16.6 Å². The minimum Gasteiger partial charge on any atom is -0.355 e. The molecule has 0 aliphatic carbocycles. The Morgan fingerprint density at radius 2 is 2.38 bits per heavy atom. The summed E-state index contributed by atoms with van der Waals surface area (Å²) < 4.78 is 0.826. The molecule has 0 radical (unpaired) electrons. The summed E-state index contributed by atoms with van der Waals surface area (Å²) in [5, 5.41) is 3.14. The molecule has 0 aromatic carbocycles. The van der Waals surface area contributed by atoms with Crippen molar-refractivity contribution < 1.29 is 0 Å². The second-order valence-electron chi connectivity index (χ2n) is 3.26. The minimum absolute atomic E-state index is 0.643. The monoisotopic (exact) mass is 260 g/mol. The number of guanidine groups is 1. The summed E-state index contributed by atoms with van der Waals surface area (Å²) in [5.74, 6) is 5.98. The van der Waals surface area contributed by atoms with E-state index in [1.807, 2.05) is 12.1 Å². The highest BCUT2D eigenvalue weighted by Crippen LogP contribution is 2.21. The third-order valence-corrected chi connectivity index (χ3v) is 3.21. The lowest BCUT2D eigenvalue weighted by Gasteiger charge is -2.07. The quantitative estimate of drug-likeness (QED) is 0.327. The van der Waals surface area contributed by atoms with E-state index in [0.717, 1.165) is 30.3 Å². The zero-order chi connectivity index (χ0) is 11.8. The van der Waals surface area contributed by atoms with E-state index < -0.39 is 0 Å². The molecule has 16 heavy (non-hydrogen) atoms. The predicted molar refractivity (Wildman–Crippen MR) is 71.0 cm³/mol. The largest absolute Gasteiger partial charge is 0.355 e. The fraction of sp³-hybridized carbons (Fsp3) is 0.500. The molecule has 0 amide bonds. The van der Waals surface area contributed by atoms with E-state index in [1.165, 1.54) is 4.88 Å². The Bertz CT molecular complexity index is 337. The van der Waals surface area contributed by atoms with Gasteiger partial charge in [-0.3, -0.25) is 10.4 Å². The highest BCUT2D eigenvalue weighted by Gasteiger charge is 1.99. The Morgan fingerprint density at radius 1 is 1.56 bits per heavy atom. The SMILES string of the molecule is CCCN=C(NN)NCCc1ccc(Cl)s1. The van der Waals surface area contributed by atoms with Gasteiger partial charge in [-0.2, -0.15) is 0 Å². The van der Waals surface area contributed by atoms with Crippen LogP contribution in [-0.4, -0.2) is 19.0 Å². The molecule has 0 bridgehead atoms. The van der Waals surface area contributed by atoms with E-state index in [1.54, 1.807) is 11.3 Å². The standard InChI is InChI=1S/C10H17ClN4S/c1-2-6-13-10(15-12)14-7-5-8-3-4-9(11)16-8/h3-4H,2,5-7,12H2,1H3,(H2,13,14,15). The number of nitrogens with one attached hydrogen (secondary N) is 2. The van der Waals surface area contributed by atoms with Crippen molar-refractivity contribution >= 4 is 28.9 Å². The minimum atomic E-state index is 0.643. The maximum absolute atomic E-state index is 5.84. The van der Waals surface area contributed by atoms with Gasteiger partial charge in [-0.1, -0.05) is 18.5 Å². The molecule has 1 rings (SSSR count). The number of thiophene rings is 1. The van der Waals surface area contributed by atoms with E-state index in [9.17, 15) is 0 Å². The van der Waals surface area contributed by atoms with Crippen LogP contribution in [0.3, 0.4) is 0 Å². The molecule has 0 saturated carbocycles. The van der Waals surface area contributed by atoms with Crippen molar-refractivity contribution in [3.8, 4) is 0 Å².